The second-order valence-corrected chi connectivity index (χ2v) is 5.96. The Bertz CT molecular complexity index is 817. The third-order valence-electron chi connectivity index (χ3n) is 3.33. The molecule has 0 unspecified atom stereocenters. The van der Waals surface area contributed by atoms with Crippen molar-refractivity contribution in [3.63, 3.8) is 0 Å². The van der Waals surface area contributed by atoms with Gasteiger partial charge in [0.15, 0.2) is 0 Å². The van der Waals surface area contributed by atoms with Crippen LogP contribution in [0.5, 0.6) is 0 Å². The topological polar surface area (TPSA) is 77.8 Å². The lowest BCUT2D eigenvalue weighted by Gasteiger charge is -2.14. The molecule has 21 heavy (non-hydrogen) atoms. The first-order chi connectivity index (χ1) is 10.1. The van der Waals surface area contributed by atoms with Crippen LogP contribution in [0, 0.1) is 0 Å². The van der Waals surface area contributed by atoms with Crippen molar-refractivity contribution in [2.75, 3.05) is 0 Å². The van der Waals surface area contributed by atoms with Crippen LogP contribution in [-0.2, 0) is 11.2 Å². The molecule has 5 nitrogen and oxygen atoms in total. The van der Waals surface area contributed by atoms with Crippen molar-refractivity contribution in [1.29, 1.82) is 0 Å². The fourth-order valence-electron chi connectivity index (χ4n) is 2.27. The maximum absolute atomic E-state index is 12.0. The molecule has 1 amide bonds. The lowest BCUT2D eigenvalue weighted by atomic mass is 10.1. The summed E-state index contributed by atoms with van der Waals surface area (Å²) in [5, 5.41) is 4.93. The minimum absolute atomic E-state index is 0.00684. The van der Waals surface area contributed by atoms with Gasteiger partial charge in [0.25, 0.3) is 0 Å². The highest BCUT2D eigenvalue weighted by molar-refractivity contribution is 7.10. The largest absolute Gasteiger partial charge is 0.349 e. The number of thiophene rings is 1. The Labute approximate surface area is 125 Å². The summed E-state index contributed by atoms with van der Waals surface area (Å²) in [6.07, 6.45) is 0.394. The first-order valence-corrected chi connectivity index (χ1v) is 7.53. The number of H-pyrrole nitrogens is 2. The van der Waals surface area contributed by atoms with Gasteiger partial charge in [-0.3, -0.25) is 4.79 Å². The van der Waals surface area contributed by atoms with E-state index in [9.17, 15) is 9.59 Å². The number of imidazole rings is 1. The normalized spacial score (nSPS) is 12.4. The van der Waals surface area contributed by atoms with Crippen LogP contribution in [0.1, 0.15) is 23.4 Å². The molecule has 2 heterocycles. The van der Waals surface area contributed by atoms with Crippen molar-refractivity contribution >= 4 is 28.3 Å². The molecular formula is C15H15N3O2S. The summed E-state index contributed by atoms with van der Waals surface area (Å²) < 4.78 is 0. The van der Waals surface area contributed by atoms with E-state index in [1.807, 2.05) is 42.6 Å². The number of carbonyl (C=O) groups excluding carboxylic acids is 1. The minimum atomic E-state index is -0.225. The van der Waals surface area contributed by atoms with Crippen LogP contribution in [0.2, 0.25) is 0 Å². The molecule has 0 saturated heterocycles. The van der Waals surface area contributed by atoms with Crippen LogP contribution in [0.15, 0.2) is 40.5 Å². The van der Waals surface area contributed by atoms with Crippen LogP contribution in [0.4, 0.5) is 0 Å². The molecule has 2 aromatic heterocycles. The van der Waals surface area contributed by atoms with Crippen LogP contribution in [-0.4, -0.2) is 15.9 Å². The van der Waals surface area contributed by atoms with E-state index in [2.05, 4.69) is 15.3 Å². The number of aromatic amines is 2. The summed E-state index contributed by atoms with van der Waals surface area (Å²) in [5.74, 6) is -0.00684. The summed E-state index contributed by atoms with van der Waals surface area (Å²) in [6, 6.07) is 9.40. The van der Waals surface area contributed by atoms with Gasteiger partial charge in [-0.05, 0) is 36.1 Å². The lowest BCUT2D eigenvalue weighted by Crippen LogP contribution is -2.27. The molecule has 0 aliphatic heterocycles. The van der Waals surface area contributed by atoms with E-state index in [0.29, 0.717) is 6.42 Å². The highest BCUT2D eigenvalue weighted by atomic mass is 32.1. The van der Waals surface area contributed by atoms with Crippen LogP contribution < -0.4 is 11.0 Å². The molecule has 3 rings (SSSR count). The smallest absolute Gasteiger partial charge is 0.323 e. The Hall–Kier alpha value is -2.34. The summed E-state index contributed by atoms with van der Waals surface area (Å²) in [6.45, 7) is 1.93. The molecule has 0 aliphatic carbocycles. The zero-order valence-electron chi connectivity index (χ0n) is 11.5. The molecule has 1 aromatic carbocycles. The fraction of sp³-hybridized carbons (Fsp3) is 0.200. The average molecular weight is 301 g/mol. The van der Waals surface area contributed by atoms with Crippen LogP contribution >= 0.6 is 11.3 Å². The van der Waals surface area contributed by atoms with Crippen molar-refractivity contribution in [2.45, 2.75) is 19.4 Å². The van der Waals surface area contributed by atoms with E-state index in [1.54, 1.807) is 11.3 Å². The zero-order chi connectivity index (χ0) is 14.8. The maximum Gasteiger partial charge on any atom is 0.323 e. The SMILES string of the molecule is C[C@H](NC(=O)Cc1cccs1)c1ccc2[nH]c(=O)[nH]c2c1. The van der Waals surface area contributed by atoms with Gasteiger partial charge in [0.1, 0.15) is 0 Å². The number of benzene rings is 1. The number of carbonyl (C=O) groups is 1. The first kappa shape index (κ1) is 13.6. The van der Waals surface area contributed by atoms with E-state index >= 15 is 0 Å². The van der Waals surface area contributed by atoms with E-state index in [1.165, 1.54) is 0 Å². The Morgan fingerprint density at radius 1 is 1.29 bits per heavy atom. The molecule has 108 valence electrons. The highest BCUT2D eigenvalue weighted by Gasteiger charge is 2.11. The molecule has 0 fully saturated rings. The summed E-state index contributed by atoms with van der Waals surface area (Å²) in [4.78, 5) is 29.7. The third kappa shape index (κ3) is 3.05. The predicted octanol–water partition coefficient (Wildman–Crippen LogP) is 2.34. The number of nitrogens with one attached hydrogen (secondary N) is 3. The average Bonchev–Trinajstić information content (AvgIpc) is 3.05. The second-order valence-electron chi connectivity index (χ2n) is 4.93. The number of rotatable bonds is 4. The summed E-state index contributed by atoms with van der Waals surface area (Å²) in [7, 11) is 0. The highest BCUT2D eigenvalue weighted by Crippen LogP contribution is 2.17. The maximum atomic E-state index is 12.0. The van der Waals surface area contributed by atoms with Crippen LogP contribution in [0.25, 0.3) is 11.0 Å². The van der Waals surface area contributed by atoms with Crippen molar-refractivity contribution in [3.05, 3.63) is 56.6 Å². The molecule has 3 aromatic rings. The molecule has 0 radical (unpaired) electrons. The van der Waals surface area contributed by atoms with Gasteiger partial charge in [0.05, 0.1) is 23.5 Å². The van der Waals surface area contributed by atoms with E-state index in [-0.39, 0.29) is 17.6 Å². The molecule has 6 heteroatoms. The Balaban J connectivity index is 1.72. The molecule has 0 saturated carbocycles. The summed E-state index contributed by atoms with van der Waals surface area (Å²) in [5.41, 5.74) is 2.24. The number of fused-ring (bicyclic) bond motifs is 1. The number of hydrogen-bond acceptors (Lipinski definition) is 3. The molecular weight excluding hydrogens is 286 g/mol. The van der Waals surface area contributed by atoms with Gasteiger partial charge in [-0.2, -0.15) is 0 Å². The van der Waals surface area contributed by atoms with Crippen LogP contribution in [0.3, 0.4) is 0 Å². The Morgan fingerprint density at radius 2 is 2.10 bits per heavy atom. The third-order valence-corrected chi connectivity index (χ3v) is 4.21. The number of aromatic nitrogens is 2. The molecule has 3 N–H and O–H groups in total. The molecule has 0 spiro atoms. The zero-order valence-corrected chi connectivity index (χ0v) is 12.3. The van der Waals surface area contributed by atoms with E-state index in [4.69, 9.17) is 0 Å². The Kier molecular flexibility index (Phi) is 3.62. The van der Waals surface area contributed by atoms with E-state index in [0.717, 1.165) is 21.5 Å². The summed E-state index contributed by atoms with van der Waals surface area (Å²) >= 11 is 1.57. The fourth-order valence-corrected chi connectivity index (χ4v) is 2.97. The quantitative estimate of drug-likeness (QED) is 0.691. The van der Waals surface area contributed by atoms with Crippen molar-refractivity contribution in [1.82, 2.24) is 15.3 Å². The Morgan fingerprint density at radius 3 is 2.86 bits per heavy atom. The lowest BCUT2D eigenvalue weighted by molar-refractivity contribution is -0.121. The van der Waals surface area contributed by atoms with Gasteiger partial charge < -0.3 is 15.3 Å². The van der Waals surface area contributed by atoms with Crippen molar-refractivity contribution in [3.8, 4) is 0 Å². The molecule has 1 atom stereocenters. The van der Waals surface area contributed by atoms with Crippen molar-refractivity contribution in [2.24, 2.45) is 0 Å². The van der Waals surface area contributed by atoms with Gasteiger partial charge >= 0.3 is 5.69 Å². The van der Waals surface area contributed by atoms with Gasteiger partial charge in [-0.25, -0.2) is 4.79 Å². The second kappa shape index (κ2) is 5.57. The van der Waals surface area contributed by atoms with Gasteiger partial charge in [0, 0.05) is 4.88 Å². The molecule has 0 aliphatic rings. The van der Waals surface area contributed by atoms with Gasteiger partial charge in [0.2, 0.25) is 5.91 Å². The van der Waals surface area contributed by atoms with Gasteiger partial charge in [-0.15, -0.1) is 11.3 Å². The number of amides is 1. The van der Waals surface area contributed by atoms with E-state index < -0.39 is 0 Å². The number of hydrogen-bond donors (Lipinski definition) is 3. The predicted molar refractivity (Wildman–Crippen MR) is 83.5 cm³/mol. The van der Waals surface area contributed by atoms with Gasteiger partial charge in [-0.1, -0.05) is 12.1 Å². The van der Waals surface area contributed by atoms with Crippen molar-refractivity contribution < 1.29 is 4.79 Å². The monoisotopic (exact) mass is 301 g/mol. The molecule has 0 bridgehead atoms. The first-order valence-electron chi connectivity index (χ1n) is 6.65. The standard InChI is InChI=1S/C15H15N3O2S/c1-9(16-14(19)8-11-3-2-6-21-11)10-4-5-12-13(7-10)18-15(20)17-12/h2-7,9H,8H2,1H3,(H,16,19)(H2,17,18,20)/t9-/m0/s1. The minimum Gasteiger partial charge on any atom is -0.349 e.